The third kappa shape index (κ3) is 3.37. The van der Waals surface area contributed by atoms with Crippen LogP contribution in [-0.4, -0.2) is 44.7 Å². The molecule has 0 amide bonds. The van der Waals surface area contributed by atoms with Crippen LogP contribution in [0.3, 0.4) is 0 Å². The summed E-state index contributed by atoms with van der Waals surface area (Å²) in [6, 6.07) is 8.35. The largest absolute Gasteiger partial charge is 0.329 e. The topological polar surface area (TPSA) is 87.2 Å². The molecule has 6 heteroatoms. The zero-order chi connectivity index (χ0) is 14.6. The van der Waals surface area contributed by atoms with E-state index in [9.17, 15) is 8.42 Å². The summed E-state index contributed by atoms with van der Waals surface area (Å²) in [6.07, 6.45) is 2.13. The van der Waals surface area contributed by atoms with Gasteiger partial charge >= 0.3 is 0 Å². The summed E-state index contributed by atoms with van der Waals surface area (Å²) in [5.41, 5.74) is 6.15. The van der Waals surface area contributed by atoms with Crippen molar-refractivity contribution in [2.75, 3.05) is 25.4 Å². The lowest BCUT2D eigenvalue weighted by Gasteiger charge is -2.22. The molecule has 1 saturated heterocycles. The highest BCUT2D eigenvalue weighted by Crippen LogP contribution is 2.18. The fourth-order valence-corrected chi connectivity index (χ4v) is 3.81. The van der Waals surface area contributed by atoms with E-state index in [4.69, 9.17) is 11.0 Å². The Morgan fingerprint density at radius 3 is 2.65 bits per heavy atom. The van der Waals surface area contributed by atoms with Crippen molar-refractivity contribution in [2.45, 2.75) is 23.8 Å². The van der Waals surface area contributed by atoms with E-state index in [1.54, 1.807) is 0 Å². The van der Waals surface area contributed by atoms with E-state index in [0.717, 1.165) is 19.4 Å². The number of rotatable bonds is 5. The van der Waals surface area contributed by atoms with E-state index in [2.05, 4.69) is 4.90 Å². The number of benzene rings is 1. The van der Waals surface area contributed by atoms with Crippen LogP contribution in [0.2, 0.25) is 0 Å². The normalized spacial score (nSPS) is 19.9. The minimum absolute atomic E-state index is 0.0927. The molecule has 1 aromatic rings. The zero-order valence-corrected chi connectivity index (χ0v) is 12.1. The van der Waals surface area contributed by atoms with Gasteiger partial charge in [-0.2, -0.15) is 5.26 Å². The van der Waals surface area contributed by atoms with E-state index in [1.807, 2.05) is 6.07 Å². The van der Waals surface area contributed by atoms with Crippen molar-refractivity contribution in [1.29, 1.82) is 5.26 Å². The first-order valence-electron chi connectivity index (χ1n) is 6.74. The molecule has 108 valence electrons. The number of sulfone groups is 1. The molecule has 1 aliphatic rings. The van der Waals surface area contributed by atoms with E-state index < -0.39 is 9.84 Å². The molecule has 1 heterocycles. The summed E-state index contributed by atoms with van der Waals surface area (Å²) in [6.45, 7) is 2.02. The van der Waals surface area contributed by atoms with Crippen LogP contribution < -0.4 is 5.73 Å². The summed E-state index contributed by atoms with van der Waals surface area (Å²) in [4.78, 5) is 2.43. The summed E-state index contributed by atoms with van der Waals surface area (Å²) >= 11 is 0. The second-order valence-electron chi connectivity index (χ2n) is 5.02. The van der Waals surface area contributed by atoms with Crippen LogP contribution in [0.1, 0.15) is 18.4 Å². The van der Waals surface area contributed by atoms with Gasteiger partial charge in [0.15, 0.2) is 9.84 Å². The van der Waals surface area contributed by atoms with Crippen LogP contribution in [0.15, 0.2) is 29.2 Å². The van der Waals surface area contributed by atoms with Crippen molar-refractivity contribution in [2.24, 2.45) is 5.73 Å². The Balaban J connectivity index is 2.02. The Morgan fingerprint density at radius 1 is 1.35 bits per heavy atom. The highest BCUT2D eigenvalue weighted by Gasteiger charge is 2.25. The van der Waals surface area contributed by atoms with Crippen molar-refractivity contribution in [3.05, 3.63) is 29.8 Å². The zero-order valence-electron chi connectivity index (χ0n) is 11.3. The standard InChI is InChI=1S/C14H19N3O2S/c15-10-12-3-5-14(6-4-12)20(18,19)9-8-17-7-1-2-13(17)11-16/h3-6,13H,1-2,7-9,11,16H2. The highest BCUT2D eigenvalue weighted by molar-refractivity contribution is 7.91. The third-order valence-electron chi connectivity index (χ3n) is 3.76. The number of nitrogens with two attached hydrogens (primary N) is 1. The van der Waals surface area contributed by atoms with Gasteiger partial charge in [0, 0.05) is 19.1 Å². The quantitative estimate of drug-likeness (QED) is 0.866. The molecule has 2 N–H and O–H groups in total. The molecule has 0 aromatic heterocycles. The predicted octanol–water partition coefficient (Wildman–Crippen LogP) is 0.755. The molecule has 1 aromatic carbocycles. The van der Waals surface area contributed by atoms with Crippen LogP contribution in [-0.2, 0) is 9.84 Å². The van der Waals surface area contributed by atoms with Crippen molar-refractivity contribution < 1.29 is 8.42 Å². The van der Waals surface area contributed by atoms with Gasteiger partial charge in [-0.15, -0.1) is 0 Å². The van der Waals surface area contributed by atoms with Gasteiger partial charge in [-0.05, 0) is 43.7 Å². The first kappa shape index (κ1) is 15.0. The molecule has 0 spiro atoms. The molecule has 2 rings (SSSR count). The minimum Gasteiger partial charge on any atom is -0.329 e. The van der Waals surface area contributed by atoms with Crippen molar-refractivity contribution in [1.82, 2.24) is 4.90 Å². The molecule has 0 aliphatic carbocycles. The Hall–Kier alpha value is -1.42. The molecule has 1 atom stereocenters. The molecule has 5 nitrogen and oxygen atoms in total. The van der Waals surface area contributed by atoms with Gasteiger partial charge in [0.1, 0.15) is 0 Å². The number of hydrogen-bond acceptors (Lipinski definition) is 5. The SMILES string of the molecule is N#Cc1ccc(S(=O)(=O)CCN2CCCC2CN)cc1. The summed E-state index contributed by atoms with van der Waals surface area (Å²) in [7, 11) is -3.30. The van der Waals surface area contributed by atoms with Gasteiger partial charge in [-0.3, -0.25) is 4.90 Å². The van der Waals surface area contributed by atoms with Gasteiger partial charge in [0.2, 0.25) is 0 Å². The number of nitriles is 1. The lowest BCUT2D eigenvalue weighted by atomic mass is 10.2. The van der Waals surface area contributed by atoms with Gasteiger partial charge in [0.05, 0.1) is 22.3 Å². The predicted molar refractivity (Wildman–Crippen MR) is 76.9 cm³/mol. The second-order valence-corrected chi connectivity index (χ2v) is 7.13. The monoisotopic (exact) mass is 293 g/mol. The third-order valence-corrected chi connectivity index (χ3v) is 5.47. The molecule has 1 aliphatic heterocycles. The van der Waals surface area contributed by atoms with Gasteiger partial charge < -0.3 is 5.73 Å². The van der Waals surface area contributed by atoms with E-state index >= 15 is 0 Å². The Bertz CT molecular complexity index is 590. The maximum atomic E-state index is 12.2. The van der Waals surface area contributed by atoms with Gasteiger partial charge in [-0.25, -0.2) is 8.42 Å². The molecule has 0 bridgehead atoms. The summed E-state index contributed by atoms with van der Waals surface area (Å²) in [5.74, 6) is 0.0927. The van der Waals surface area contributed by atoms with Gasteiger partial charge in [-0.1, -0.05) is 0 Å². The highest BCUT2D eigenvalue weighted by atomic mass is 32.2. The Labute approximate surface area is 119 Å². The lowest BCUT2D eigenvalue weighted by molar-refractivity contribution is 0.273. The average Bonchev–Trinajstić information content (AvgIpc) is 2.93. The maximum Gasteiger partial charge on any atom is 0.179 e. The van der Waals surface area contributed by atoms with Crippen molar-refractivity contribution in [3.8, 4) is 6.07 Å². The fraction of sp³-hybridized carbons (Fsp3) is 0.500. The molecule has 20 heavy (non-hydrogen) atoms. The molecule has 0 saturated carbocycles. The van der Waals surface area contributed by atoms with Crippen LogP contribution in [0.25, 0.3) is 0 Å². The van der Waals surface area contributed by atoms with E-state index in [-0.39, 0.29) is 10.6 Å². The molecular weight excluding hydrogens is 274 g/mol. The Morgan fingerprint density at radius 2 is 2.05 bits per heavy atom. The van der Waals surface area contributed by atoms with E-state index in [0.29, 0.717) is 24.7 Å². The average molecular weight is 293 g/mol. The van der Waals surface area contributed by atoms with Crippen LogP contribution in [0.5, 0.6) is 0 Å². The van der Waals surface area contributed by atoms with Crippen LogP contribution in [0, 0.1) is 11.3 Å². The minimum atomic E-state index is -3.30. The second kappa shape index (κ2) is 6.35. The number of hydrogen-bond donors (Lipinski definition) is 1. The number of nitrogens with zero attached hydrogens (tertiary/aromatic N) is 2. The first-order valence-corrected chi connectivity index (χ1v) is 8.39. The molecule has 1 fully saturated rings. The Kier molecular flexibility index (Phi) is 4.76. The van der Waals surface area contributed by atoms with Crippen molar-refractivity contribution in [3.63, 3.8) is 0 Å². The molecule has 0 radical (unpaired) electrons. The maximum absolute atomic E-state index is 12.2. The summed E-state index contributed by atoms with van der Waals surface area (Å²) in [5, 5.41) is 8.72. The molecule has 1 unspecified atom stereocenters. The van der Waals surface area contributed by atoms with Crippen molar-refractivity contribution >= 4 is 9.84 Å². The number of likely N-dealkylation sites (tertiary alicyclic amines) is 1. The van der Waals surface area contributed by atoms with E-state index in [1.165, 1.54) is 24.3 Å². The fourth-order valence-electron chi connectivity index (χ4n) is 2.55. The lowest BCUT2D eigenvalue weighted by Crippen LogP contribution is -2.38. The smallest absolute Gasteiger partial charge is 0.179 e. The van der Waals surface area contributed by atoms with Gasteiger partial charge in [0.25, 0.3) is 0 Å². The van der Waals surface area contributed by atoms with Crippen LogP contribution in [0.4, 0.5) is 0 Å². The molecular formula is C14H19N3O2S. The van der Waals surface area contributed by atoms with Crippen LogP contribution >= 0.6 is 0 Å². The first-order chi connectivity index (χ1) is 9.56. The summed E-state index contributed by atoms with van der Waals surface area (Å²) < 4.78 is 24.5.